The van der Waals surface area contributed by atoms with Crippen LogP contribution in [-0.4, -0.2) is 48.7 Å². The number of imidazole rings is 1. The zero-order valence-electron chi connectivity index (χ0n) is 12.3. The van der Waals surface area contributed by atoms with Gasteiger partial charge < -0.3 is 4.74 Å². The van der Waals surface area contributed by atoms with E-state index in [1.165, 1.54) is 18.7 Å². The molecule has 0 spiro atoms. The summed E-state index contributed by atoms with van der Waals surface area (Å²) in [5.74, 6) is -0.579. The van der Waals surface area contributed by atoms with Crippen LogP contribution in [0.2, 0.25) is 5.28 Å². The van der Waals surface area contributed by atoms with Gasteiger partial charge >= 0.3 is 11.8 Å². The molecule has 2 aromatic heterocycles. The van der Waals surface area contributed by atoms with Gasteiger partial charge in [-0.15, -0.1) is 0 Å². The van der Waals surface area contributed by atoms with Crippen molar-refractivity contribution in [2.75, 3.05) is 13.2 Å². The van der Waals surface area contributed by atoms with Gasteiger partial charge in [0.1, 0.15) is 13.2 Å². The quantitative estimate of drug-likeness (QED) is 0.653. The van der Waals surface area contributed by atoms with Crippen molar-refractivity contribution in [2.45, 2.75) is 6.54 Å². The molecule has 1 fully saturated rings. The Hall–Kier alpha value is -2.62. The molecule has 0 unspecified atom stereocenters. The maximum atomic E-state index is 12.3. The topological polar surface area (TPSA) is 108 Å². The second kappa shape index (κ2) is 5.23. The molecule has 10 nitrogen and oxygen atoms in total. The number of carbonyl (C=O) groups excluding carboxylic acids is 2. The number of cyclic esters (lactones) is 1. The highest BCUT2D eigenvalue weighted by Crippen LogP contribution is 2.16. The van der Waals surface area contributed by atoms with Gasteiger partial charge in [0, 0.05) is 14.1 Å². The number of amides is 2. The average Bonchev–Trinajstić information content (AvgIpc) is 3.07. The third-order valence-corrected chi connectivity index (χ3v) is 3.95. The van der Waals surface area contributed by atoms with E-state index >= 15 is 0 Å². The molecular weight excluding hydrogens is 330 g/mol. The summed E-state index contributed by atoms with van der Waals surface area (Å²) in [5.41, 5.74) is -1.10. The fourth-order valence-electron chi connectivity index (χ4n) is 2.40. The van der Waals surface area contributed by atoms with E-state index in [2.05, 4.69) is 4.98 Å². The Morgan fingerprint density at radius 3 is 2.57 bits per heavy atom. The molecule has 122 valence electrons. The number of aryl methyl sites for hydroxylation is 1. The standard InChI is InChI=1S/C12H12ClN5O5/c1-15-8-7(9(20)16(2)11(15)21)18(10(13)14-8)5-6(19)17-3-4-23-12(17)22/h3-5H2,1-2H3. The van der Waals surface area contributed by atoms with Crippen LogP contribution in [-0.2, 0) is 30.2 Å². The number of hydrogen-bond acceptors (Lipinski definition) is 6. The molecule has 23 heavy (non-hydrogen) atoms. The molecule has 0 N–H and O–H groups in total. The molecule has 0 aromatic carbocycles. The third kappa shape index (κ3) is 2.22. The summed E-state index contributed by atoms with van der Waals surface area (Å²) in [6.07, 6.45) is -0.740. The number of rotatable bonds is 2. The third-order valence-electron chi connectivity index (χ3n) is 3.66. The van der Waals surface area contributed by atoms with E-state index in [0.29, 0.717) is 0 Å². The summed E-state index contributed by atoms with van der Waals surface area (Å²) in [6.45, 7) is -0.102. The zero-order chi connectivity index (χ0) is 16.9. The van der Waals surface area contributed by atoms with Crippen LogP contribution in [0.4, 0.5) is 4.79 Å². The Balaban J connectivity index is 2.13. The Kier molecular flexibility index (Phi) is 3.48. The maximum absolute atomic E-state index is 12.3. The SMILES string of the molecule is Cn1c(=O)c2c(nc(Cl)n2CC(=O)N2CCOC2=O)n(C)c1=O. The molecule has 2 aromatic rings. The minimum Gasteiger partial charge on any atom is -0.447 e. The number of carbonyl (C=O) groups is 2. The summed E-state index contributed by atoms with van der Waals surface area (Å²) < 4.78 is 7.93. The van der Waals surface area contributed by atoms with Gasteiger partial charge in [0.25, 0.3) is 11.5 Å². The first kappa shape index (κ1) is 15.3. The Bertz CT molecular complexity index is 955. The lowest BCUT2D eigenvalue weighted by Crippen LogP contribution is -2.38. The van der Waals surface area contributed by atoms with Crippen LogP contribution < -0.4 is 11.2 Å². The van der Waals surface area contributed by atoms with Gasteiger partial charge in [0.2, 0.25) is 5.28 Å². The van der Waals surface area contributed by atoms with Crippen LogP contribution in [0.3, 0.4) is 0 Å². The molecule has 0 aliphatic carbocycles. The van der Waals surface area contributed by atoms with E-state index < -0.39 is 23.2 Å². The Morgan fingerprint density at radius 2 is 1.96 bits per heavy atom. The smallest absolute Gasteiger partial charge is 0.416 e. The summed E-state index contributed by atoms with van der Waals surface area (Å²) >= 11 is 6.00. The highest BCUT2D eigenvalue weighted by molar-refractivity contribution is 6.29. The fourth-order valence-corrected chi connectivity index (χ4v) is 2.63. The molecule has 0 saturated carbocycles. The Labute approximate surface area is 133 Å². The first-order valence-electron chi connectivity index (χ1n) is 6.61. The zero-order valence-corrected chi connectivity index (χ0v) is 13.0. The molecule has 3 rings (SSSR count). The molecule has 0 bridgehead atoms. The van der Waals surface area contributed by atoms with E-state index in [9.17, 15) is 19.2 Å². The van der Waals surface area contributed by atoms with Crippen molar-refractivity contribution in [1.29, 1.82) is 0 Å². The van der Waals surface area contributed by atoms with Gasteiger partial charge in [0.15, 0.2) is 11.2 Å². The molecule has 2 amide bonds. The number of aromatic nitrogens is 4. The van der Waals surface area contributed by atoms with E-state index in [1.54, 1.807) is 0 Å². The van der Waals surface area contributed by atoms with Gasteiger partial charge in [-0.1, -0.05) is 0 Å². The van der Waals surface area contributed by atoms with Crippen LogP contribution in [0, 0.1) is 0 Å². The van der Waals surface area contributed by atoms with Crippen LogP contribution in [0.5, 0.6) is 0 Å². The second-order valence-corrected chi connectivity index (χ2v) is 5.34. The molecule has 0 atom stereocenters. The molecule has 1 saturated heterocycles. The number of imide groups is 1. The van der Waals surface area contributed by atoms with E-state index in [1.807, 2.05) is 0 Å². The molecule has 11 heteroatoms. The van der Waals surface area contributed by atoms with Crippen molar-refractivity contribution in [3.05, 3.63) is 26.1 Å². The number of ether oxygens (including phenoxy) is 1. The van der Waals surface area contributed by atoms with E-state index in [4.69, 9.17) is 16.3 Å². The van der Waals surface area contributed by atoms with Crippen LogP contribution in [0.1, 0.15) is 0 Å². The lowest BCUT2D eigenvalue weighted by molar-refractivity contribution is -0.128. The molecule has 0 radical (unpaired) electrons. The summed E-state index contributed by atoms with van der Waals surface area (Å²) in [6, 6.07) is 0. The lowest BCUT2D eigenvalue weighted by Gasteiger charge is -2.12. The van der Waals surface area contributed by atoms with Gasteiger partial charge in [-0.2, -0.15) is 4.98 Å². The largest absolute Gasteiger partial charge is 0.447 e. The van der Waals surface area contributed by atoms with Crippen LogP contribution in [0.15, 0.2) is 9.59 Å². The fraction of sp³-hybridized carbons (Fsp3) is 0.417. The highest BCUT2D eigenvalue weighted by Gasteiger charge is 2.30. The van der Waals surface area contributed by atoms with E-state index in [-0.39, 0.29) is 36.1 Å². The monoisotopic (exact) mass is 341 g/mol. The van der Waals surface area contributed by atoms with Crippen molar-refractivity contribution < 1.29 is 14.3 Å². The lowest BCUT2D eigenvalue weighted by atomic mass is 10.4. The molecule has 3 heterocycles. The average molecular weight is 342 g/mol. The molecule has 1 aliphatic heterocycles. The van der Waals surface area contributed by atoms with E-state index in [0.717, 1.165) is 14.0 Å². The summed E-state index contributed by atoms with van der Waals surface area (Å²) in [5, 5.41) is -0.126. The highest BCUT2D eigenvalue weighted by atomic mass is 35.5. The number of halogens is 1. The predicted octanol–water partition coefficient (Wildman–Crippen LogP) is -0.934. The first-order chi connectivity index (χ1) is 10.8. The maximum Gasteiger partial charge on any atom is 0.416 e. The number of hydrogen-bond donors (Lipinski definition) is 0. The molecule has 1 aliphatic rings. The van der Waals surface area contributed by atoms with Crippen LogP contribution in [0.25, 0.3) is 11.2 Å². The van der Waals surface area contributed by atoms with Crippen molar-refractivity contribution in [2.24, 2.45) is 14.1 Å². The van der Waals surface area contributed by atoms with Crippen molar-refractivity contribution in [3.63, 3.8) is 0 Å². The van der Waals surface area contributed by atoms with Crippen molar-refractivity contribution >= 4 is 34.8 Å². The Morgan fingerprint density at radius 1 is 1.26 bits per heavy atom. The minimum atomic E-state index is -0.740. The first-order valence-corrected chi connectivity index (χ1v) is 6.99. The summed E-state index contributed by atoms with van der Waals surface area (Å²) in [7, 11) is 2.76. The normalized spacial score (nSPS) is 14.6. The van der Waals surface area contributed by atoms with Crippen molar-refractivity contribution in [1.82, 2.24) is 23.6 Å². The van der Waals surface area contributed by atoms with Crippen molar-refractivity contribution in [3.8, 4) is 0 Å². The number of fused-ring (bicyclic) bond motifs is 1. The van der Waals surface area contributed by atoms with Gasteiger partial charge in [-0.3, -0.25) is 23.3 Å². The molecular formula is C12H12ClN5O5. The summed E-state index contributed by atoms with van der Waals surface area (Å²) in [4.78, 5) is 52.7. The predicted molar refractivity (Wildman–Crippen MR) is 78.3 cm³/mol. The van der Waals surface area contributed by atoms with Gasteiger partial charge in [-0.05, 0) is 11.6 Å². The second-order valence-electron chi connectivity index (χ2n) is 5.00. The van der Waals surface area contributed by atoms with Gasteiger partial charge in [0.05, 0.1) is 6.54 Å². The van der Waals surface area contributed by atoms with Crippen LogP contribution >= 0.6 is 11.6 Å². The van der Waals surface area contributed by atoms with Gasteiger partial charge in [-0.25, -0.2) is 14.5 Å². The number of nitrogens with zero attached hydrogens (tertiary/aromatic N) is 5. The minimum absolute atomic E-state index is 0.0144.